The average Bonchev–Trinajstić information content (AvgIpc) is 2.37. The zero-order chi connectivity index (χ0) is 13.6. The molecule has 1 rings (SSSR count). The lowest BCUT2D eigenvalue weighted by atomic mass is 9.85. The fourth-order valence-corrected chi connectivity index (χ4v) is 2.30. The van der Waals surface area contributed by atoms with Crippen molar-refractivity contribution in [1.82, 2.24) is 5.32 Å². The summed E-state index contributed by atoms with van der Waals surface area (Å²) in [6.07, 6.45) is -0.388. The number of benzene rings is 1. The Morgan fingerprint density at radius 3 is 2.44 bits per heavy atom. The van der Waals surface area contributed by atoms with E-state index in [1.165, 1.54) is 17.6 Å². The summed E-state index contributed by atoms with van der Waals surface area (Å²) in [5, 5.41) is 2.74. The first-order valence-corrected chi connectivity index (χ1v) is 7.03. The Kier molecular flexibility index (Phi) is 5.54. The van der Waals surface area contributed by atoms with Crippen LogP contribution in [0, 0.1) is 0 Å². The van der Waals surface area contributed by atoms with Crippen molar-refractivity contribution in [1.29, 1.82) is 0 Å². The van der Waals surface area contributed by atoms with Gasteiger partial charge in [-0.1, -0.05) is 32.9 Å². The van der Waals surface area contributed by atoms with E-state index in [9.17, 15) is 4.79 Å². The van der Waals surface area contributed by atoms with Crippen molar-refractivity contribution in [3.63, 3.8) is 0 Å². The van der Waals surface area contributed by atoms with Crippen LogP contribution in [0.25, 0.3) is 0 Å². The van der Waals surface area contributed by atoms with E-state index in [2.05, 4.69) is 55.1 Å². The molecule has 3 nitrogen and oxygen atoms in total. The third kappa shape index (κ3) is 4.26. The van der Waals surface area contributed by atoms with E-state index < -0.39 is 0 Å². The number of carbonyl (C=O) groups is 1. The van der Waals surface area contributed by atoms with Gasteiger partial charge in [-0.05, 0) is 23.4 Å². The quantitative estimate of drug-likeness (QED) is 0.831. The first-order valence-electron chi connectivity index (χ1n) is 6.04. The fourth-order valence-electron chi connectivity index (χ4n) is 1.64. The number of ether oxygens (including phenoxy) is 1. The Bertz CT molecular complexity index is 387. The summed E-state index contributed by atoms with van der Waals surface area (Å²) < 4.78 is 4.58. The van der Waals surface area contributed by atoms with Crippen molar-refractivity contribution < 1.29 is 9.53 Å². The Morgan fingerprint density at radius 2 is 1.94 bits per heavy atom. The van der Waals surface area contributed by atoms with Crippen molar-refractivity contribution >= 4 is 17.9 Å². The molecule has 0 aliphatic carbocycles. The molecule has 4 heteroatoms. The summed E-state index contributed by atoms with van der Waals surface area (Å²) in [5.74, 6) is 1.08. The molecule has 0 aliphatic rings. The zero-order valence-electron chi connectivity index (χ0n) is 11.4. The first kappa shape index (κ1) is 14.9. The summed E-state index contributed by atoms with van der Waals surface area (Å²) in [6.45, 7) is 6.90. The highest BCUT2D eigenvalue weighted by molar-refractivity contribution is 7.99. The second kappa shape index (κ2) is 6.69. The molecular weight excluding hydrogens is 246 g/mol. The third-order valence-corrected chi connectivity index (χ3v) is 3.70. The molecule has 0 bridgehead atoms. The van der Waals surface area contributed by atoms with Crippen LogP contribution in [0.15, 0.2) is 29.2 Å². The van der Waals surface area contributed by atoms with E-state index >= 15 is 0 Å². The van der Waals surface area contributed by atoms with Crippen molar-refractivity contribution in [2.75, 3.05) is 19.4 Å². The van der Waals surface area contributed by atoms with Gasteiger partial charge in [0.1, 0.15) is 0 Å². The average molecular weight is 267 g/mol. The van der Waals surface area contributed by atoms with Gasteiger partial charge in [0.2, 0.25) is 0 Å². The number of alkyl carbamates (subject to hydrolysis) is 1. The smallest absolute Gasteiger partial charge is 0.406 e. The van der Waals surface area contributed by atoms with Crippen LogP contribution in [-0.2, 0) is 10.2 Å². The van der Waals surface area contributed by atoms with Crippen molar-refractivity contribution in [3.05, 3.63) is 29.8 Å². The number of hydrogen-bond acceptors (Lipinski definition) is 3. The third-order valence-electron chi connectivity index (χ3n) is 2.81. The number of methoxy groups -OCH3 is 1. The van der Waals surface area contributed by atoms with E-state index in [1.807, 2.05) is 11.8 Å². The monoisotopic (exact) mass is 267 g/mol. The molecular formula is C14H21NO2S. The van der Waals surface area contributed by atoms with Crippen molar-refractivity contribution in [3.8, 4) is 0 Å². The van der Waals surface area contributed by atoms with Gasteiger partial charge in [0.15, 0.2) is 0 Å². The summed E-state index contributed by atoms with van der Waals surface area (Å²) in [6, 6.07) is 8.50. The topological polar surface area (TPSA) is 38.3 Å². The maximum Gasteiger partial charge on any atom is 0.406 e. The molecule has 1 aromatic rings. The highest BCUT2D eigenvalue weighted by atomic mass is 32.2. The molecule has 0 aliphatic heterocycles. The maximum atomic E-state index is 11.1. The normalized spacial score (nSPS) is 11.1. The van der Waals surface area contributed by atoms with Gasteiger partial charge in [-0.25, -0.2) is 4.79 Å². The highest BCUT2D eigenvalue weighted by Crippen LogP contribution is 2.25. The first-order chi connectivity index (χ1) is 8.49. The van der Waals surface area contributed by atoms with Gasteiger partial charge in [0, 0.05) is 16.9 Å². The molecule has 0 fully saturated rings. The summed E-state index contributed by atoms with van der Waals surface area (Å²) in [4.78, 5) is 12.4. The molecule has 0 spiro atoms. The molecule has 0 unspecified atom stereocenters. The minimum Gasteiger partial charge on any atom is -0.453 e. The number of amides is 1. The number of carbonyl (C=O) groups excluding carboxylic acids is 1. The maximum absolute atomic E-state index is 11.1. The van der Waals surface area contributed by atoms with Crippen LogP contribution in [0.5, 0.6) is 0 Å². The van der Waals surface area contributed by atoms with Gasteiger partial charge in [-0.3, -0.25) is 0 Å². The van der Waals surface area contributed by atoms with Crippen LogP contribution >= 0.6 is 11.8 Å². The molecule has 0 heterocycles. The van der Waals surface area contributed by atoms with Gasteiger partial charge in [0.05, 0.1) is 7.11 Å². The minimum atomic E-state index is -0.388. The van der Waals surface area contributed by atoms with E-state index in [0.29, 0.717) is 6.54 Å². The molecule has 0 radical (unpaired) electrons. The summed E-state index contributed by atoms with van der Waals surface area (Å²) >= 11 is 1.83. The van der Waals surface area contributed by atoms with Crippen LogP contribution < -0.4 is 5.32 Å². The molecule has 100 valence electrons. The predicted molar refractivity (Wildman–Crippen MR) is 76.3 cm³/mol. The molecule has 0 atom stereocenters. The van der Waals surface area contributed by atoms with Crippen molar-refractivity contribution in [2.24, 2.45) is 0 Å². The molecule has 0 aromatic heterocycles. The second-order valence-electron chi connectivity index (χ2n) is 4.69. The van der Waals surface area contributed by atoms with Crippen molar-refractivity contribution in [2.45, 2.75) is 31.1 Å². The van der Waals surface area contributed by atoms with Crippen LogP contribution in [0.3, 0.4) is 0 Å². The van der Waals surface area contributed by atoms with Crippen LogP contribution in [0.2, 0.25) is 0 Å². The van der Waals surface area contributed by atoms with Gasteiger partial charge < -0.3 is 10.1 Å². The van der Waals surface area contributed by atoms with Crippen LogP contribution in [-0.4, -0.2) is 25.5 Å². The standard InChI is InChI=1S/C14H21NO2S/c1-5-18-12-8-6-11(7-9-12)14(2,3)10-15-13(16)17-4/h6-9H,5,10H2,1-4H3,(H,15,16). The number of thioether (sulfide) groups is 1. The van der Waals surface area contributed by atoms with E-state index in [4.69, 9.17) is 0 Å². The lowest BCUT2D eigenvalue weighted by molar-refractivity contribution is 0.168. The molecule has 18 heavy (non-hydrogen) atoms. The zero-order valence-corrected chi connectivity index (χ0v) is 12.3. The molecule has 0 saturated carbocycles. The molecule has 1 aromatic carbocycles. The number of rotatable bonds is 5. The summed E-state index contributed by atoms with van der Waals surface area (Å²) in [7, 11) is 1.37. The van der Waals surface area contributed by atoms with Gasteiger partial charge in [-0.15, -0.1) is 11.8 Å². The molecule has 0 saturated heterocycles. The number of hydrogen-bond donors (Lipinski definition) is 1. The van der Waals surface area contributed by atoms with E-state index in [0.717, 1.165) is 5.75 Å². The molecule has 1 amide bonds. The van der Waals surface area contributed by atoms with E-state index in [-0.39, 0.29) is 11.5 Å². The highest BCUT2D eigenvalue weighted by Gasteiger charge is 2.21. The Balaban J connectivity index is 2.68. The Labute approximate surface area is 113 Å². The lowest BCUT2D eigenvalue weighted by Gasteiger charge is -2.25. The Morgan fingerprint density at radius 1 is 1.33 bits per heavy atom. The summed E-state index contributed by atoms with van der Waals surface area (Å²) in [5.41, 5.74) is 1.10. The van der Waals surface area contributed by atoms with E-state index in [1.54, 1.807) is 0 Å². The van der Waals surface area contributed by atoms with Crippen LogP contribution in [0.4, 0.5) is 4.79 Å². The SMILES string of the molecule is CCSc1ccc(C(C)(C)CNC(=O)OC)cc1. The largest absolute Gasteiger partial charge is 0.453 e. The minimum absolute atomic E-state index is 0.108. The number of nitrogens with one attached hydrogen (secondary N) is 1. The molecule has 1 N–H and O–H groups in total. The van der Waals surface area contributed by atoms with Gasteiger partial charge in [-0.2, -0.15) is 0 Å². The second-order valence-corrected chi connectivity index (χ2v) is 6.02. The van der Waals surface area contributed by atoms with Gasteiger partial charge >= 0.3 is 6.09 Å². The van der Waals surface area contributed by atoms with Crippen LogP contribution in [0.1, 0.15) is 26.3 Å². The lowest BCUT2D eigenvalue weighted by Crippen LogP contribution is -2.36. The predicted octanol–water partition coefficient (Wildman–Crippen LogP) is 3.43. The fraction of sp³-hybridized carbons (Fsp3) is 0.500. The Hall–Kier alpha value is -1.16. The van der Waals surface area contributed by atoms with Gasteiger partial charge in [0.25, 0.3) is 0 Å².